The van der Waals surface area contributed by atoms with Gasteiger partial charge < -0.3 is 34.4 Å². The maximum atomic E-state index is 14.9. The van der Waals surface area contributed by atoms with E-state index in [1.54, 1.807) is 48.6 Å². The summed E-state index contributed by atoms with van der Waals surface area (Å²) >= 11 is 6.18. The van der Waals surface area contributed by atoms with E-state index in [4.69, 9.17) is 25.8 Å². The highest BCUT2D eigenvalue weighted by Crippen LogP contribution is 2.59. The summed E-state index contributed by atoms with van der Waals surface area (Å²) in [4.78, 5) is 60.2. The molecule has 2 aromatic rings. The van der Waals surface area contributed by atoms with Gasteiger partial charge >= 0.3 is 5.97 Å². The fourth-order valence-electron chi connectivity index (χ4n) is 8.20. The second-order valence-corrected chi connectivity index (χ2v) is 14.6. The summed E-state index contributed by atoms with van der Waals surface area (Å²) in [5.41, 5.74) is -0.154. The molecule has 52 heavy (non-hydrogen) atoms. The molecule has 5 rings (SSSR count). The normalized spacial score (nSPS) is 25.0. The van der Waals surface area contributed by atoms with Gasteiger partial charge in [0, 0.05) is 30.8 Å². The van der Waals surface area contributed by atoms with Crippen molar-refractivity contribution in [2.45, 2.75) is 81.9 Å². The topological polar surface area (TPSA) is 135 Å². The molecule has 2 bridgehead atoms. The van der Waals surface area contributed by atoms with E-state index in [9.17, 15) is 24.3 Å². The Kier molecular flexibility index (Phi) is 13.0. The van der Waals surface area contributed by atoms with Crippen molar-refractivity contribution in [2.75, 3.05) is 31.8 Å². The molecule has 2 N–H and O–H groups in total. The predicted molar refractivity (Wildman–Crippen MR) is 197 cm³/mol. The van der Waals surface area contributed by atoms with Crippen molar-refractivity contribution in [1.29, 1.82) is 0 Å². The van der Waals surface area contributed by atoms with E-state index in [-0.39, 0.29) is 38.0 Å². The van der Waals surface area contributed by atoms with Crippen molar-refractivity contribution < 1.29 is 38.5 Å². The second kappa shape index (κ2) is 17.2. The Hall–Kier alpha value is -4.03. The van der Waals surface area contributed by atoms with Crippen molar-refractivity contribution in [2.24, 2.45) is 17.8 Å². The molecular formula is C40H50ClN3O8. The second-order valence-electron chi connectivity index (χ2n) is 14.2. The highest BCUT2D eigenvalue weighted by atomic mass is 35.5. The minimum Gasteiger partial charge on any atom is -0.455 e. The monoisotopic (exact) mass is 735 g/mol. The molecule has 3 fully saturated rings. The molecule has 0 aromatic heterocycles. The zero-order chi connectivity index (χ0) is 37.6. The van der Waals surface area contributed by atoms with Crippen LogP contribution in [0, 0.1) is 17.8 Å². The van der Waals surface area contributed by atoms with E-state index in [0.29, 0.717) is 42.0 Å². The van der Waals surface area contributed by atoms with Gasteiger partial charge in [0.2, 0.25) is 11.8 Å². The van der Waals surface area contributed by atoms with Gasteiger partial charge in [-0.3, -0.25) is 19.2 Å². The first-order valence-electron chi connectivity index (χ1n) is 17.9. The van der Waals surface area contributed by atoms with E-state index in [1.807, 2.05) is 32.0 Å². The van der Waals surface area contributed by atoms with Crippen LogP contribution in [-0.2, 0) is 33.4 Å². The Morgan fingerprint density at radius 3 is 2.46 bits per heavy atom. The van der Waals surface area contributed by atoms with Gasteiger partial charge in [-0.25, -0.2) is 0 Å². The molecule has 8 atom stereocenters. The zero-order valence-electron chi connectivity index (χ0n) is 30.1. The number of aliphatic hydroxyl groups is 1. The van der Waals surface area contributed by atoms with Crippen LogP contribution in [0.15, 0.2) is 79.9 Å². The molecule has 2 aromatic carbocycles. The first-order chi connectivity index (χ1) is 25.0. The molecule has 0 radical (unpaired) electrons. The van der Waals surface area contributed by atoms with Crippen LogP contribution < -0.4 is 10.2 Å². The summed E-state index contributed by atoms with van der Waals surface area (Å²) in [5, 5.41) is 14.2. The van der Waals surface area contributed by atoms with Crippen LogP contribution in [0.25, 0.3) is 0 Å². The van der Waals surface area contributed by atoms with Crippen LogP contribution >= 0.6 is 11.6 Å². The highest BCUT2D eigenvalue weighted by Gasteiger charge is 2.75. The number of likely N-dealkylation sites (tertiary alicyclic amines) is 1. The average Bonchev–Trinajstić information content (AvgIpc) is 3.78. The molecule has 3 heterocycles. The van der Waals surface area contributed by atoms with E-state index in [2.05, 4.69) is 18.5 Å². The van der Waals surface area contributed by atoms with Crippen LogP contribution in [0.2, 0.25) is 5.02 Å². The Balaban J connectivity index is 1.54. The number of halogens is 1. The van der Waals surface area contributed by atoms with Gasteiger partial charge in [0.25, 0.3) is 5.91 Å². The summed E-state index contributed by atoms with van der Waals surface area (Å²) in [6, 6.07) is 13.3. The fourth-order valence-corrected chi connectivity index (χ4v) is 8.32. The van der Waals surface area contributed by atoms with Crippen molar-refractivity contribution in [3.63, 3.8) is 0 Å². The lowest BCUT2D eigenvalue weighted by Gasteiger charge is -2.39. The largest absolute Gasteiger partial charge is 0.455 e. The number of ether oxygens (including phenoxy) is 3. The predicted octanol–water partition coefficient (Wildman–Crippen LogP) is 5.02. The summed E-state index contributed by atoms with van der Waals surface area (Å²) < 4.78 is 18.5. The SMILES string of the molecule is C=CCCC(=O)N[C@H](COC)[C@H](OC(=O)[C@@H]1[C@@H]2CC[C@]3(O2)[C@H](C(=O)N(CC=C)c2ccc(Cl)cc2)N([C@@H](CO)CC(C)C)C(=O)[C@@H]13)c1ccccc1. The molecule has 3 saturated heterocycles. The molecule has 11 nitrogen and oxygen atoms in total. The van der Waals surface area contributed by atoms with Crippen LogP contribution in [0.3, 0.4) is 0 Å². The minimum atomic E-state index is -1.34. The van der Waals surface area contributed by atoms with Crippen molar-refractivity contribution >= 4 is 41.0 Å². The number of fused-ring (bicyclic) bond motifs is 1. The third kappa shape index (κ3) is 7.83. The summed E-state index contributed by atoms with van der Waals surface area (Å²) in [7, 11) is 1.50. The number of rotatable bonds is 18. The summed E-state index contributed by atoms with van der Waals surface area (Å²) in [5.74, 6) is -3.74. The lowest BCUT2D eigenvalue weighted by atomic mass is 9.70. The zero-order valence-corrected chi connectivity index (χ0v) is 30.9. The standard InChI is InChI=1S/C40H50ClN3O8/c1-6-8-14-32(46)42-30(24-50-5)35(26-12-10-9-11-13-26)51-39(49)33-31-19-20-40(52-31)34(33)37(47)44(29(23-45)22-25(3)4)36(40)38(48)43(21-7-2)28-17-15-27(41)16-18-28/h6-7,9-13,15-18,25,29-31,33-36,45H,1-2,8,14,19-24H2,3-5H3,(H,42,46)/t29-,30-,31+,33-,34-,35-,36+,40-/m1/s1. The van der Waals surface area contributed by atoms with Crippen molar-refractivity contribution in [3.8, 4) is 0 Å². The minimum absolute atomic E-state index is 0.0468. The van der Waals surface area contributed by atoms with E-state index < -0.39 is 65.6 Å². The van der Waals surface area contributed by atoms with Crippen molar-refractivity contribution in [1.82, 2.24) is 10.2 Å². The van der Waals surface area contributed by atoms with Crippen molar-refractivity contribution in [3.05, 3.63) is 90.5 Å². The maximum Gasteiger partial charge on any atom is 0.313 e. The number of aliphatic hydroxyl groups excluding tert-OH is 1. The third-order valence-electron chi connectivity index (χ3n) is 10.3. The van der Waals surface area contributed by atoms with Gasteiger partial charge in [-0.2, -0.15) is 0 Å². The molecule has 0 unspecified atom stereocenters. The maximum absolute atomic E-state index is 14.9. The van der Waals surface area contributed by atoms with E-state index in [0.717, 1.165) is 0 Å². The van der Waals surface area contributed by atoms with Gasteiger partial charge in [-0.1, -0.05) is 67.9 Å². The number of anilines is 1. The van der Waals surface area contributed by atoms with Crippen LogP contribution in [0.4, 0.5) is 5.69 Å². The van der Waals surface area contributed by atoms with Gasteiger partial charge in [-0.05, 0) is 61.4 Å². The number of nitrogens with one attached hydrogen (secondary N) is 1. The molecule has 3 aliphatic heterocycles. The molecule has 0 aliphatic carbocycles. The first kappa shape index (κ1) is 39.2. The van der Waals surface area contributed by atoms with E-state index >= 15 is 0 Å². The number of methoxy groups -OCH3 is 1. The number of benzene rings is 2. The Bertz CT molecular complexity index is 1600. The number of amides is 3. The number of nitrogens with zero attached hydrogens (tertiary/aromatic N) is 2. The number of allylic oxidation sites excluding steroid dienone is 1. The fraction of sp³-hybridized carbons (Fsp3) is 0.500. The van der Waals surface area contributed by atoms with E-state index in [1.165, 1.54) is 16.9 Å². The quantitative estimate of drug-likeness (QED) is 0.161. The first-order valence-corrected chi connectivity index (χ1v) is 18.3. The van der Waals surface area contributed by atoms with Crippen LogP contribution in [0.5, 0.6) is 0 Å². The lowest BCUT2D eigenvalue weighted by molar-refractivity contribution is -0.163. The molecule has 280 valence electrons. The Morgan fingerprint density at radius 1 is 1.13 bits per heavy atom. The number of hydrogen-bond donors (Lipinski definition) is 2. The lowest BCUT2D eigenvalue weighted by Crippen LogP contribution is -2.59. The molecule has 3 amide bonds. The van der Waals surface area contributed by atoms with Gasteiger partial charge in [0.1, 0.15) is 17.7 Å². The molecule has 12 heteroatoms. The number of carbonyl (C=O) groups is 4. The van der Waals surface area contributed by atoms with Gasteiger partial charge in [0.05, 0.1) is 43.2 Å². The van der Waals surface area contributed by atoms with Gasteiger partial charge in [0.15, 0.2) is 0 Å². The Morgan fingerprint density at radius 2 is 1.85 bits per heavy atom. The highest BCUT2D eigenvalue weighted by molar-refractivity contribution is 6.30. The average molecular weight is 736 g/mol. The van der Waals surface area contributed by atoms with Crippen LogP contribution in [-0.4, -0.2) is 90.4 Å². The summed E-state index contributed by atoms with van der Waals surface area (Å²) in [6.07, 6.45) is 3.50. The number of hydrogen-bond acceptors (Lipinski definition) is 8. The number of esters is 1. The van der Waals surface area contributed by atoms with Crippen LogP contribution in [0.1, 0.15) is 57.6 Å². The summed E-state index contributed by atoms with van der Waals surface area (Å²) in [6.45, 7) is 11.3. The number of carbonyl (C=O) groups excluding carboxylic acids is 4. The molecule has 1 spiro atoms. The molecule has 0 saturated carbocycles. The molecular weight excluding hydrogens is 686 g/mol. The van der Waals surface area contributed by atoms with Gasteiger partial charge in [-0.15, -0.1) is 13.2 Å². The molecule has 3 aliphatic rings. The Labute approximate surface area is 310 Å². The smallest absolute Gasteiger partial charge is 0.313 e. The third-order valence-corrected chi connectivity index (χ3v) is 10.6.